The molecule has 3 N–H and O–H groups in total. The van der Waals surface area contributed by atoms with Gasteiger partial charge in [-0.3, -0.25) is 0 Å². The molecule has 2 rings (SSSR count). The van der Waals surface area contributed by atoms with Gasteiger partial charge in [0.15, 0.2) is 0 Å². The van der Waals surface area contributed by atoms with Crippen LogP contribution in [0.5, 0.6) is 0 Å². The van der Waals surface area contributed by atoms with E-state index in [1.807, 2.05) is 30.3 Å². The molecule has 1 heterocycles. The highest BCUT2D eigenvalue weighted by molar-refractivity contribution is 5.88. The molecule has 0 fully saturated rings. The number of hydrogen-bond donors (Lipinski definition) is 3. The summed E-state index contributed by atoms with van der Waals surface area (Å²) in [5.74, 6) is 0. The van der Waals surface area contributed by atoms with Gasteiger partial charge in [0.1, 0.15) is 0 Å². The van der Waals surface area contributed by atoms with E-state index < -0.39 is 0 Å². The number of amides is 2. The van der Waals surface area contributed by atoms with Crippen molar-refractivity contribution < 1.29 is 9.90 Å². The van der Waals surface area contributed by atoms with Gasteiger partial charge in [0.05, 0.1) is 30.4 Å². The van der Waals surface area contributed by atoms with Crippen LogP contribution in [0.3, 0.4) is 0 Å². The second-order valence-corrected chi connectivity index (χ2v) is 3.61. The lowest BCUT2D eigenvalue weighted by Crippen LogP contribution is -2.30. The van der Waals surface area contributed by atoms with E-state index >= 15 is 0 Å². The molecular formula is C12H14N4O2. The number of para-hydroxylation sites is 1. The first-order valence-corrected chi connectivity index (χ1v) is 5.55. The molecule has 2 aromatic rings. The highest BCUT2D eigenvalue weighted by Gasteiger charge is 2.04. The Morgan fingerprint density at radius 2 is 2.11 bits per heavy atom. The van der Waals surface area contributed by atoms with E-state index in [1.54, 1.807) is 17.1 Å². The molecule has 0 aliphatic heterocycles. The molecule has 6 heteroatoms. The van der Waals surface area contributed by atoms with Gasteiger partial charge >= 0.3 is 6.03 Å². The predicted molar refractivity (Wildman–Crippen MR) is 67.7 cm³/mol. The lowest BCUT2D eigenvalue weighted by atomic mass is 10.3. The van der Waals surface area contributed by atoms with Crippen molar-refractivity contribution in [1.82, 2.24) is 15.1 Å². The Morgan fingerprint density at radius 3 is 2.83 bits per heavy atom. The molecule has 0 bridgehead atoms. The zero-order valence-electron chi connectivity index (χ0n) is 9.71. The van der Waals surface area contributed by atoms with Crippen molar-refractivity contribution >= 4 is 11.7 Å². The molecule has 0 aliphatic carbocycles. The number of hydrogen-bond acceptors (Lipinski definition) is 3. The lowest BCUT2D eigenvalue weighted by Gasteiger charge is -2.03. The van der Waals surface area contributed by atoms with Crippen molar-refractivity contribution in [3.05, 3.63) is 42.7 Å². The number of nitrogens with zero attached hydrogens (tertiary/aromatic N) is 2. The van der Waals surface area contributed by atoms with E-state index in [2.05, 4.69) is 15.7 Å². The van der Waals surface area contributed by atoms with Crippen molar-refractivity contribution in [2.75, 3.05) is 18.5 Å². The topological polar surface area (TPSA) is 79.2 Å². The van der Waals surface area contributed by atoms with Crippen LogP contribution in [0.15, 0.2) is 42.7 Å². The number of aliphatic hydroxyl groups is 1. The number of nitrogens with one attached hydrogen (secondary N) is 2. The molecule has 0 saturated carbocycles. The third-order valence-electron chi connectivity index (χ3n) is 2.26. The number of rotatable bonds is 4. The summed E-state index contributed by atoms with van der Waals surface area (Å²) in [5, 5.41) is 17.8. The Kier molecular flexibility index (Phi) is 3.93. The first kappa shape index (κ1) is 12.1. The van der Waals surface area contributed by atoms with E-state index in [0.29, 0.717) is 5.69 Å². The first-order valence-electron chi connectivity index (χ1n) is 5.55. The second-order valence-electron chi connectivity index (χ2n) is 3.61. The van der Waals surface area contributed by atoms with Gasteiger partial charge in [0, 0.05) is 6.54 Å². The Labute approximate surface area is 104 Å². The van der Waals surface area contributed by atoms with Crippen LogP contribution < -0.4 is 10.6 Å². The Bertz CT molecular complexity index is 510. The molecule has 0 saturated heterocycles. The molecule has 0 radical (unpaired) electrons. The maximum atomic E-state index is 11.3. The summed E-state index contributed by atoms with van der Waals surface area (Å²) in [7, 11) is 0. The monoisotopic (exact) mass is 246 g/mol. The van der Waals surface area contributed by atoms with Crippen LogP contribution in [-0.2, 0) is 0 Å². The predicted octanol–water partition coefficient (Wildman–Crippen LogP) is 0.986. The zero-order chi connectivity index (χ0) is 12.8. The third-order valence-corrected chi connectivity index (χ3v) is 2.26. The summed E-state index contributed by atoms with van der Waals surface area (Å²) < 4.78 is 1.67. The highest BCUT2D eigenvalue weighted by atomic mass is 16.3. The average Bonchev–Trinajstić information content (AvgIpc) is 2.86. The van der Waals surface area contributed by atoms with Crippen molar-refractivity contribution in [1.29, 1.82) is 0 Å². The zero-order valence-corrected chi connectivity index (χ0v) is 9.71. The average molecular weight is 246 g/mol. The van der Waals surface area contributed by atoms with Gasteiger partial charge < -0.3 is 15.7 Å². The fourth-order valence-corrected chi connectivity index (χ4v) is 1.45. The summed E-state index contributed by atoms with van der Waals surface area (Å²) in [4.78, 5) is 11.3. The fraction of sp³-hybridized carbons (Fsp3) is 0.167. The minimum atomic E-state index is -0.364. The SMILES string of the molecule is O=C(NCCO)Nc1cnn(-c2ccccc2)c1. The van der Waals surface area contributed by atoms with E-state index in [9.17, 15) is 4.79 Å². The van der Waals surface area contributed by atoms with Gasteiger partial charge in [-0.15, -0.1) is 0 Å². The number of benzene rings is 1. The Hall–Kier alpha value is -2.34. The number of aliphatic hydroxyl groups excluding tert-OH is 1. The smallest absolute Gasteiger partial charge is 0.319 e. The molecule has 94 valence electrons. The van der Waals surface area contributed by atoms with Gasteiger partial charge in [-0.1, -0.05) is 18.2 Å². The summed E-state index contributed by atoms with van der Waals surface area (Å²) in [6.45, 7) is 0.134. The molecule has 1 aromatic carbocycles. The number of carbonyl (C=O) groups excluding carboxylic acids is 1. The third kappa shape index (κ3) is 3.08. The maximum absolute atomic E-state index is 11.3. The van der Waals surface area contributed by atoms with E-state index in [1.165, 1.54) is 0 Å². The quantitative estimate of drug-likeness (QED) is 0.752. The molecule has 1 aromatic heterocycles. The Morgan fingerprint density at radius 1 is 1.33 bits per heavy atom. The summed E-state index contributed by atoms with van der Waals surface area (Å²) in [6, 6.07) is 9.23. The molecule has 0 atom stereocenters. The maximum Gasteiger partial charge on any atom is 0.319 e. The van der Waals surface area contributed by atoms with Crippen LogP contribution >= 0.6 is 0 Å². The van der Waals surface area contributed by atoms with Crippen molar-refractivity contribution in [3.8, 4) is 5.69 Å². The van der Waals surface area contributed by atoms with Crippen molar-refractivity contribution in [2.45, 2.75) is 0 Å². The summed E-state index contributed by atoms with van der Waals surface area (Å²) in [6.07, 6.45) is 3.28. The minimum Gasteiger partial charge on any atom is -0.395 e. The van der Waals surface area contributed by atoms with E-state index in [-0.39, 0.29) is 19.2 Å². The van der Waals surface area contributed by atoms with Crippen LogP contribution in [0.2, 0.25) is 0 Å². The van der Waals surface area contributed by atoms with Gasteiger partial charge in [0.25, 0.3) is 0 Å². The van der Waals surface area contributed by atoms with Crippen LogP contribution in [0.1, 0.15) is 0 Å². The first-order chi connectivity index (χ1) is 8.79. The fourth-order valence-electron chi connectivity index (χ4n) is 1.45. The van der Waals surface area contributed by atoms with Crippen molar-refractivity contribution in [2.24, 2.45) is 0 Å². The van der Waals surface area contributed by atoms with Crippen molar-refractivity contribution in [3.63, 3.8) is 0 Å². The van der Waals surface area contributed by atoms with Crippen LogP contribution in [0.25, 0.3) is 5.69 Å². The second kappa shape index (κ2) is 5.83. The van der Waals surface area contributed by atoms with Crippen LogP contribution in [-0.4, -0.2) is 34.1 Å². The molecule has 0 unspecified atom stereocenters. The van der Waals surface area contributed by atoms with Gasteiger partial charge in [-0.25, -0.2) is 9.48 Å². The van der Waals surface area contributed by atoms with Crippen LogP contribution in [0, 0.1) is 0 Å². The minimum absolute atomic E-state index is 0.0866. The molecule has 0 aliphatic rings. The molecule has 2 amide bonds. The molecule has 6 nitrogen and oxygen atoms in total. The molecule has 0 spiro atoms. The largest absolute Gasteiger partial charge is 0.395 e. The van der Waals surface area contributed by atoms with E-state index in [4.69, 9.17) is 5.11 Å². The van der Waals surface area contributed by atoms with E-state index in [0.717, 1.165) is 5.69 Å². The van der Waals surface area contributed by atoms with Crippen LogP contribution in [0.4, 0.5) is 10.5 Å². The number of urea groups is 1. The lowest BCUT2D eigenvalue weighted by molar-refractivity contribution is 0.245. The summed E-state index contributed by atoms with van der Waals surface area (Å²) >= 11 is 0. The van der Waals surface area contributed by atoms with Gasteiger partial charge in [0.2, 0.25) is 0 Å². The van der Waals surface area contributed by atoms with Gasteiger partial charge in [-0.05, 0) is 12.1 Å². The molecular weight excluding hydrogens is 232 g/mol. The van der Waals surface area contributed by atoms with Gasteiger partial charge in [-0.2, -0.15) is 5.10 Å². The number of carbonyl (C=O) groups is 1. The standard InChI is InChI=1S/C12H14N4O2/c17-7-6-13-12(18)15-10-8-14-16(9-10)11-4-2-1-3-5-11/h1-5,8-9,17H,6-7H2,(H2,13,15,18). The Balaban J connectivity index is 2.00. The normalized spacial score (nSPS) is 10.1. The number of anilines is 1. The highest BCUT2D eigenvalue weighted by Crippen LogP contribution is 2.10. The summed E-state index contributed by atoms with van der Waals surface area (Å²) in [5.41, 5.74) is 1.51. The molecule has 18 heavy (non-hydrogen) atoms. The number of aromatic nitrogens is 2.